The van der Waals surface area contributed by atoms with E-state index >= 15 is 0 Å². The van der Waals surface area contributed by atoms with Crippen LogP contribution in [-0.2, 0) is 0 Å². The molecule has 1 saturated heterocycles. The van der Waals surface area contributed by atoms with Crippen molar-refractivity contribution in [3.63, 3.8) is 0 Å². The standard InChI is InChI=1S/C15H18ClNOS2/c16-14-4-3-13(20-14)15(12-2-1-7-18-12)17-10-11-5-8-19-9-6-11/h1-4,7,11,15,17H,5-6,8-10H2. The van der Waals surface area contributed by atoms with Gasteiger partial charge in [-0.1, -0.05) is 11.6 Å². The SMILES string of the molecule is Clc1ccc(C(NCC2CCSCC2)c2ccco2)s1. The van der Waals surface area contributed by atoms with Gasteiger partial charge in [-0.05, 0) is 61.1 Å². The fourth-order valence-electron chi connectivity index (χ4n) is 2.52. The van der Waals surface area contributed by atoms with E-state index in [-0.39, 0.29) is 6.04 Å². The van der Waals surface area contributed by atoms with Gasteiger partial charge < -0.3 is 9.73 Å². The van der Waals surface area contributed by atoms with Crippen LogP contribution in [0.4, 0.5) is 0 Å². The van der Waals surface area contributed by atoms with Crippen molar-refractivity contribution in [2.75, 3.05) is 18.1 Å². The second kappa shape index (κ2) is 7.03. The Morgan fingerprint density at radius 3 is 2.80 bits per heavy atom. The van der Waals surface area contributed by atoms with Crippen LogP contribution in [0.3, 0.4) is 0 Å². The Hall–Kier alpha value is -0.420. The zero-order chi connectivity index (χ0) is 13.8. The number of rotatable bonds is 5. The Morgan fingerprint density at radius 1 is 1.30 bits per heavy atom. The van der Waals surface area contributed by atoms with Crippen LogP contribution in [-0.4, -0.2) is 18.1 Å². The summed E-state index contributed by atoms with van der Waals surface area (Å²) in [6, 6.07) is 8.14. The average Bonchev–Trinajstić information content (AvgIpc) is 3.13. The molecule has 1 aliphatic rings. The minimum absolute atomic E-state index is 0.122. The summed E-state index contributed by atoms with van der Waals surface area (Å²) in [6.45, 7) is 1.04. The minimum Gasteiger partial charge on any atom is -0.467 e. The van der Waals surface area contributed by atoms with E-state index in [4.69, 9.17) is 16.0 Å². The molecule has 2 aromatic rings. The lowest BCUT2D eigenvalue weighted by atomic mass is 10.0. The number of halogens is 1. The van der Waals surface area contributed by atoms with Gasteiger partial charge in [-0.15, -0.1) is 11.3 Å². The first kappa shape index (κ1) is 14.5. The van der Waals surface area contributed by atoms with Crippen molar-refractivity contribution in [3.05, 3.63) is 45.5 Å². The number of hydrogen-bond donors (Lipinski definition) is 1. The lowest BCUT2D eigenvalue weighted by molar-refractivity contribution is 0.395. The number of nitrogens with one attached hydrogen (secondary N) is 1. The largest absolute Gasteiger partial charge is 0.467 e. The maximum atomic E-state index is 6.07. The molecule has 0 amide bonds. The highest BCUT2D eigenvalue weighted by atomic mass is 35.5. The number of hydrogen-bond acceptors (Lipinski definition) is 4. The Kier molecular flexibility index (Phi) is 5.10. The molecule has 1 N–H and O–H groups in total. The Bertz CT molecular complexity index is 520. The molecule has 1 atom stereocenters. The van der Waals surface area contributed by atoms with Crippen molar-refractivity contribution < 1.29 is 4.42 Å². The summed E-state index contributed by atoms with van der Waals surface area (Å²) in [4.78, 5) is 1.22. The van der Waals surface area contributed by atoms with Crippen LogP contribution in [0.2, 0.25) is 4.34 Å². The highest BCUT2D eigenvalue weighted by molar-refractivity contribution is 7.99. The van der Waals surface area contributed by atoms with Gasteiger partial charge in [-0.2, -0.15) is 11.8 Å². The van der Waals surface area contributed by atoms with Gasteiger partial charge in [0, 0.05) is 4.88 Å². The second-order valence-corrected chi connectivity index (χ2v) is 8.03. The Labute approximate surface area is 132 Å². The smallest absolute Gasteiger partial charge is 0.126 e. The van der Waals surface area contributed by atoms with E-state index in [0.717, 1.165) is 22.6 Å². The molecule has 108 valence electrons. The fraction of sp³-hybridized carbons (Fsp3) is 0.467. The number of thioether (sulfide) groups is 1. The van der Waals surface area contributed by atoms with Crippen LogP contribution >= 0.6 is 34.7 Å². The molecule has 2 nitrogen and oxygen atoms in total. The third-order valence-corrected chi connectivity index (χ3v) is 6.00. The first-order chi connectivity index (χ1) is 9.83. The quantitative estimate of drug-likeness (QED) is 0.852. The first-order valence-corrected chi connectivity index (χ1v) is 9.27. The van der Waals surface area contributed by atoms with E-state index in [9.17, 15) is 0 Å². The highest BCUT2D eigenvalue weighted by Gasteiger charge is 2.21. The lowest BCUT2D eigenvalue weighted by Gasteiger charge is -2.24. The van der Waals surface area contributed by atoms with Crippen LogP contribution in [0.1, 0.15) is 29.5 Å². The topological polar surface area (TPSA) is 25.2 Å². The molecule has 0 radical (unpaired) electrons. The number of furan rings is 1. The fourth-order valence-corrected chi connectivity index (χ4v) is 4.86. The summed E-state index contributed by atoms with van der Waals surface area (Å²) >= 11 is 9.76. The van der Waals surface area contributed by atoms with E-state index in [2.05, 4.69) is 23.1 Å². The molecular weight excluding hydrogens is 310 g/mol. The molecule has 1 unspecified atom stereocenters. The molecule has 0 aliphatic carbocycles. The third kappa shape index (κ3) is 3.61. The second-order valence-electron chi connectivity index (χ2n) is 5.05. The molecule has 0 saturated carbocycles. The van der Waals surface area contributed by atoms with Gasteiger partial charge in [0.25, 0.3) is 0 Å². The van der Waals surface area contributed by atoms with Crippen molar-refractivity contribution in [3.8, 4) is 0 Å². The van der Waals surface area contributed by atoms with Crippen molar-refractivity contribution in [2.24, 2.45) is 5.92 Å². The average molecular weight is 328 g/mol. The van der Waals surface area contributed by atoms with Crippen molar-refractivity contribution >= 4 is 34.7 Å². The molecule has 0 bridgehead atoms. The number of thiophene rings is 1. The summed E-state index contributed by atoms with van der Waals surface area (Å²) in [5, 5.41) is 3.67. The summed E-state index contributed by atoms with van der Waals surface area (Å²) in [5.41, 5.74) is 0. The Morgan fingerprint density at radius 2 is 2.15 bits per heavy atom. The highest BCUT2D eigenvalue weighted by Crippen LogP contribution is 2.32. The van der Waals surface area contributed by atoms with Crippen LogP contribution in [0.25, 0.3) is 0 Å². The summed E-state index contributed by atoms with van der Waals surface area (Å²) in [7, 11) is 0. The summed E-state index contributed by atoms with van der Waals surface area (Å²) in [6.07, 6.45) is 4.36. The van der Waals surface area contributed by atoms with Crippen molar-refractivity contribution in [1.29, 1.82) is 0 Å². The molecule has 1 fully saturated rings. The van der Waals surface area contributed by atoms with Gasteiger partial charge in [0.1, 0.15) is 11.8 Å². The Balaban J connectivity index is 1.69. The van der Waals surface area contributed by atoms with E-state index in [1.165, 1.54) is 29.2 Å². The van der Waals surface area contributed by atoms with Gasteiger partial charge in [-0.25, -0.2) is 0 Å². The van der Waals surface area contributed by atoms with Crippen LogP contribution in [0.15, 0.2) is 34.9 Å². The van der Waals surface area contributed by atoms with Crippen LogP contribution < -0.4 is 5.32 Å². The van der Waals surface area contributed by atoms with Gasteiger partial charge in [-0.3, -0.25) is 0 Å². The maximum Gasteiger partial charge on any atom is 0.126 e. The van der Waals surface area contributed by atoms with E-state index in [1.807, 2.05) is 18.2 Å². The minimum atomic E-state index is 0.122. The predicted molar refractivity (Wildman–Crippen MR) is 87.9 cm³/mol. The van der Waals surface area contributed by atoms with Gasteiger partial charge in [0.05, 0.1) is 10.6 Å². The van der Waals surface area contributed by atoms with Crippen molar-refractivity contribution in [1.82, 2.24) is 5.32 Å². The molecule has 0 spiro atoms. The molecule has 0 aromatic carbocycles. The van der Waals surface area contributed by atoms with E-state index < -0.39 is 0 Å². The van der Waals surface area contributed by atoms with E-state index in [1.54, 1.807) is 17.6 Å². The normalized spacial score (nSPS) is 18.2. The zero-order valence-electron chi connectivity index (χ0n) is 11.2. The van der Waals surface area contributed by atoms with Crippen molar-refractivity contribution in [2.45, 2.75) is 18.9 Å². The van der Waals surface area contributed by atoms with Gasteiger partial charge in [0.15, 0.2) is 0 Å². The maximum absolute atomic E-state index is 6.07. The lowest BCUT2D eigenvalue weighted by Crippen LogP contribution is -2.29. The molecular formula is C15H18ClNOS2. The molecule has 3 rings (SSSR count). The zero-order valence-corrected chi connectivity index (χ0v) is 13.6. The van der Waals surface area contributed by atoms with Crippen LogP contribution in [0.5, 0.6) is 0 Å². The molecule has 2 aromatic heterocycles. The van der Waals surface area contributed by atoms with Crippen LogP contribution in [0, 0.1) is 5.92 Å². The molecule has 1 aliphatic heterocycles. The molecule has 20 heavy (non-hydrogen) atoms. The monoisotopic (exact) mass is 327 g/mol. The van der Waals surface area contributed by atoms with E-state index in [0.29, 0.717) is 0 Å². The first-order valence-electron chi connectivity index (χ1n) is 6.92. The third-order valence-electron chi connectivity index (χ3n) is 3.66. The molecule has 5 heteroatoms. The summed E-state index contributed by atoms with van der Waals surface area (Å²) in [5.74, 6) is 4.34. The van der Waals surface area contributed by atoms with Gasteiger partial charge in [0.2, 0.25) is 0 Å². The summed E-state index contributed by atoms with van der Waals surface area (Å²) < 4.78 is 6.42. The molecule has 3 heterocycles. The van der Waals surface area contributed by atoms with Gasteiger partial charge >= 0.3 is 0 Å². The predicted octanol–water partition coefficient (Wildman–Crippen LogP) is 4.82.